The number of nitrogens with one attached hydrogen (secondary N) is 2. The summed E-state index contributed by atoms with van der Waals surface area (Å²) in [4.78, 5) is 17.9. The Kier molecular flexibility index (Phi) is 5.23. The Labute approximate surface area is 127 Å². The molecule has 0 fully saturated rings. The summed E-state index contributed by atoms with van der Waals surface area (Å²) in [5, 5.41) is 4.07. The Bertz CT molecular complexity index is 587. The fourth-order valence-corrected chi connectivity index (χ4v) is 2.31. The Morgan fingerprint density at radius 2 is 2.05 bits per heavy atom. The van der Waals surface area contributed by atoms with Gasteiger partial charge in [-0.1, -0.05) is 6.92 Å². The number of thiazole rings is 1. The minimum atomic E-state index is -0.0306. The number of rotatable bonds is 7. The van der Waals surface area contributed by atoms with Gasteiger partial charge < -0.3 is 10.1 Å². The third kappa shape index (κ3) is 4.50. The molecule has 2 aromatic rings. The molecule has 0 amide bonds. The summed E-state index contributed by atoms with van der Waals surface area (Å²) in [6, 6.07) is 0.226. The molecule has 0 atom stereocenters. The van der Waals surface area contributed by atoms with E-state index >= 15 is 0 Å². The lowest BCUT2D eigenvalue weighted by molar-refractivity contribution is 0.222. The van der Waals surface area contributed by atoms with E-state index in [4.69, 9.17) is 10.6 Å². The van der Waals surface area contributed by atoms with Gasteiger partial charge in [-0.2, -0.15) is 15.0 Å². The molecule has 21 heavy (non-hydrogen) atoms. The number of aryl methyl sites for hydroxylation is 1. The molecule has 0 aliphatic rings. The highest BCUT2D eigenvalue weighted by atomic mass is 32.1. The van der Waals surface area contributed by atoms with E-state index in [-0.39, 0.29) is 18.1 Å². The predicted molar refractivity (Wildman–Crippen MR) is 82.2 cm³/mol. The van der Waals surface area contributed by atoms with Crippen LogP contribution in [0, 0.1) is 0 Å². The van der Waals surface area contributed by atoms with Crippen LogP contribution in [0.25, 0.3) is 0 Å². The summed E-state index contributed by atoms with van der Waals surface area (Å²) in [7, 11) is 0. The van der Waals surface area contributed by atoms with E-state index in [0.717, 1.165) is 11.4 Å². The minimum Gasteiger partial charge on any atom is -0.461 e. The van der Waals surface area contributed by atoms with Crippen LogP contribution in [-0.4, -0.2) is 26.0 Å². The predicted octanol–water partition coefficient (Wildman–Crippen LogP) is 1.58. The highest BCUT2D eigenvalue weighted by Gasteiger charge is 2.09. The van der Waals surface area contributed by atoms with Crippen molar-refractivity contribution in [3.8, 4) is 6.01 Å². The lowest BCUT2D eigenvalue weighted by atomic mass is 10.4. The molecular formula is C12H19N7OS. The molecule has 2 rings (SSSR count). The Hall–Kier alpha value is -2.00. The van der Waals surface area contributed by atoms with Crippen LogP contribution in [0.4, 0.5) is 11.9 Å². The van der Waals surface area contributed by atoms with Crippen molar-refractivity contribution in [2.75, 3.05) is 10.7 Å². The second-order valence-electron chi connectivity index (χ2n) is 4.50. The first-order chi connectivity index (χ1) is 10.1. The molecule has 0 saturated heterocycles. The Morgan fingerprint density at radius 3 is 2.67 bits per heavy atom. The molecule has 2 aromatic heterocycles. The fraction of sp³-hybridized carbons (Fsp3) is 0.500. The highest BCUT2D eigenvalue weighted by Crippen LogP contribution is 2.16. The van der Waals surface area contributed by atoms with E-state index in [2.05, 4.69) is 37.6 Å². The van der Waals surface area contributed by atoms with Crippen LogP contribution in [0.1, 0.15) is 30.7 Å². The topological polar surface area (TPSA) is 111 Å². The highest BCUT2D eigenvalue weighted by molar-refractivity contribution is 7.11. The smallest absolute Gasteiger partial charge is 0.323 e. The largest absolute Gasteiger partial charge is 0.461 e. The Morgan fingerprint density at radius 1 is 1.29 bits per heavy atom. The summed E-state index contributed by atoms with van der Waals surface area (Å²) in [5.74, 6) is 5.99. The van der Waals surface area contributed by atoms with Gasteiger partial charge in [0.15, 0.2) is 0 Å². The van der Waals surface area contributed by atoms with Crippen LogP contribution in [0.2, 0.25) is 0 Å². The maximum atomic E-state index is 5.46. The third-order valence-electron chi connectivity index (χ3n) is 2.43. The number of nitrogens with zero attached hydrogens (tertiary/aromatic N) is 4. The van der Waals surface area contributed by atoms with Gasteiger partial charge in [0.1, 0.15) is 5.01 Å². The Balaban J connectivity index is 2.07. The van der Waals surface area contributed by atoms with Crippen LogP contribution in [0.3, 0.4) is 0 Å². The van der Waals surface area contributed by atoms with Gasteiger partial charge in [0.25, 0.3) is 0 Å². The van der Waals surface area contributed by atoms with Gasteiger partial charge >= 0.3 is 6.01 Å². The lowest BCUT2D eigenvalue weighted by Gasteiger charge is -2.10. The number of aromatic nitrogens is 4. The SMILES string of the molecule is CCc1cnc(CNc2nc(NN)nc(OC(C)C)n2)s1. The van der Waals surface area contributed by atoms with Crippen LogP contribution in [0.15, 0.2) is 6.20 Å². The van der Waals surface area contributed by atoms with Crippen molar-refractivity contribution < 1.29 is 4.74 Å². The van der Waals surface area contributed by atoms with Gasteiger partial charge in [0.2, 0.25) is 11.9 Å². The number of anilines is 2. The van der Waals surface area contributed by atoms with E-state index in [1.165, 1.54) is 4.88 Å². The van der Waals surface area contributed by atoms with E-state index in [1.54, 1.807) is 11.3 Å². The number of hydrogen-bond acceptors (Lipinski definition) is 9. The molecule has 0 saturated carbocycles. The molecule has 2 heterocycles. The van der Waals surface area contributed by atoms with Crippen molar-refractivity contribution in [2.45, 2.75) is 39.8 Å². The molecule has 0 bridgehead atoms. The maximum absolute atomic E-state index is 5.46. The molecule has 0 unspecified atom stereocenters. The molecule has 0 spiro atoms. The zero-order valence-electron chi connectivity index (χ0n) is 12.3. The van der Waals surface area contributed by atoms with E-state index < -0.39 is 0 Å². The van der Waals surface area contributed by atoms with Crippen molar-refractivity contribution in [3.63, 3.8) is 0 Å². The maximum Gasteiger partial charge on any atom is 0.323 e. The van der Waals surface area contributed by atoms with Gasteiger partial charge in [0, 0.05) is 11.1 Å². The number of ether oxygens (including phenoxy) is 1. The van der Waals surface area contributed by atoms with Crippen LogP contribution in [-0.2, 0) is 13.0 Å². The zero-order valence-corrected chi connectivity index (χ0v) is 13.1. The molecule has 0 aliphatic carbocycles. The average Bonchev–Trinajstić information content (AvgIpc) is 2.92. The van der Waals surface area contributed by atoms with Gasteiger partial charge in [0.05, 0.1) is 12.6 Å². The number of nitrogen functional groups attached to an aromatic ring is 1. The first-order valence-electron chi connectivity index (χ1n) is 6.67. The summed E-state index contributed by atoms with van der Waals surface area (Å²) in [6.45, 7) is 6.44. The summed E-state index contributed by atoms with van der Waals surface area (Å²) >= 11 is 1.66. The minimum absolute atomic E-state index is 0.0306. The molecule has 0 radical (unpaired) electrons. The molecular weight excluding hydrogens is 290 g/mol. The average molecular weight is 309 g/mol. The first kappa shape index (κ1) is 15.4. The van der Waals surface area contributed by atoms with Crippen molar-refractivity contribution in [3.05, 3.63) is 16.1 Å². The van der Waals surface area contributed by atoms with E-state index in [0.29, 0.717) is 12.5 Å². The van der Waals surface area contributed by atoms with Gasteiger partial charge in [-0.15, -0.1) is 11.3 Å². The fourth-order valence-electron chi connectivity index (χ4n) is 1.51. The monoisotopic (exact) mass is 309 g/mol. The number of hydrogen-bond donors (Lipinski definition) is 3. The standard InChI is InChI=1S/C12H19N7OS/c1-4-8-5-14-9(21-8)6-15-10-16-11(19-13)18-12(17-10)20-7(2)3/h5,7H,4,6,13H2,1-3H3,(H2,15,16,17,18,19). The summed E-state index contributed by atoms with van der Waals surface area (Å²) in [5.41, 5.74) is 2.40. The van der Waals surface area contributed by atoms with Crippen molar-refractivity contribution >= 4 is 23.2 Å². The number of hydrazine groups is 1. The molecule has 9 heteroatoms. The molecule has 4 N–H and O–H groups in total. The van der Waals surface area contributed by atoms with E-state index in [1.807, 2.05) is 20.0 Å². The van der Waals surface area contributed by atoms with Gasteiger partial charge in [-0.3, -0.25) is 5.43 Å². The van der Waals surface area contributed by atoms with Crippen molar-refractivity contribution in [1.82, 2.24) is 19.9 Å². The van der Waals surface area contributed by atoms with Crippen LogP contribution in [0.5, 0.6) is 6.01 Å². The normalized spacial score (nSPS) is 10.7. The molecule has 114 valence electrons. The summed E-state index contributed by atoms with van der Waals surface area (Å²) in [6.07, 6.45) is 2.84. The molecule has 8 nitrogen and oxygen atoms in total. The molecule has 0 aliphatic heterocycles. The summed E-state index contributed by atoms with van der Waals surface area (Å²) < 4.78 is 5.46. The number of nitrogens with two attached hydrogens (primary N) is 1. The van der Waals surface area contributed by atoms with Crippen LogP contribution >= 0.6 is 11.3 Å². The van der Waals surface area contributed by atoms with Crippen molar-refractivity contribution in [1.29, 1.82) is 0 Å². The lowest BCUT2D eigenvalue weighted by Crippen LogP contribution is -2.16. The molecule has 0 aromatic carbocycles. The van der Waals surface area contributed by atoms with Gasteiger partial charge in [-0.05, 0) is 20.3 Å². The van der Waals surface area contributed by atoms with Crippen LogP contribution < -0.4 is 21.3 Å². The van der Waals surface area contributed by atoms with E-state index in [9.17, 15) is 0 Å². The second kappa shape index (κ2) is 7.14. The first-order valence-corrected chi connectivity index (χ1v) is 7.49. The second-order valence-corrected chi connectivity index (χ2v) is 5.70. The third-order valence-corrected chi connectivity index (χ3v) is 3.57. The quantitative estimate of drug-likeness (QED) is 0.522. The van der Waals surface area contributed by atoms with Crippen molar-refractivity contribution in [2.24, 2.45) is 5.84 Å². The zero-order chi connectivity index (χ0) is 15.2. The van der Waals surface area contributed by atoms with Gasteiger partial charge in [-0.25, -0.2) is 10.8 Å².